The van der Waals surface area contributed by atoms with E-state index in [0.29, 0.717) is 19.6 Å². The first-order chi connectivity index (χ1) is 12.8. The molecule has 0 bridgehead atoms. The molecule has 1 aliphatic heterocycles. The van der Waals surface area contributed by atoms with Crippen LogP contribution in [0.2, 0.25) is 0 Å². The molecule has 0 aliphatic carbocycles. The Kier molecular flexibility index (Phi) is 11.0. The Morgan fingerprint density at radius 3 is 2.04 bits per heavy atom. The smallest absolute Gasteiger partial charge is 0.327 e. The summed E-state index contributed by atoms with van der Waals surface area (Å²) in [5.74, 6) is 0.00390. The molecule has 0 aromatic heterocycles. The van der Waals surface area contributed by atoms with Gasteiger partial charge < -0.3 is 10.6 Å². The zero-order valence-corrected chi connectivity index (χ0v) is 18.3. The lowest BCUT2D eigenvalue weighted by atomic mass is 9.95. The van der Waals surface area contributed by atoms with Crippen LogP contribution in [0.1, 0.15) is 98.3 Å². The molecule has 0 aromatic rings. The van der Waals surface area contributed by atoms with Gasteiger partial charge >= 0.3 is 6.03 Å². The van der Waals surface area contributed by atoms with Crippen molar-refractivity contribution in [1.82, 2.24) is 9.80 Å². The number of amides is 3. The fourth-order valence-electron chi connectivity index (χ4n) is 3.76. The van der Waals surface area contributed by atoms with E-state index in [-0.39, 0.29) is 23.4 Å². The minimum Gasteiger partial charge on any atom is -0.330 e. The number of unbranched alkanes of at least 4 members (excludes halogenated alkanes) is 8. The predicted molar refractivity (Wildman–Crippen MR) is 113 cm³/mol. The molecule has 1 rings (SSSR count). The number of nitrogens with two attached hydrogens (primary N) is 1. The Bertz CT molecular complexity index is 445. The minimum atomic E-state index is -0.269. The van der Waals surface area contributed by atoms with Crippen molar-refractivity contribution in [1.29, 1.82) is 0 Å². The molecule has 1 unspecified atom stereocenters. The summed E-state index contributed by atoms with van der Waals surface area (Å²) >= 11 is 0. The first-order valence-electron chi connectivity index (χ1n) is 11.1. The average Bonchev–Trinajstić information content (AvgIpc) is 2.80. The van der Waals surface area contributed by atoms with Crippen LogP contribution in [0.4, 0.5) is 4.79 Å². The Morgan fingerprint density at radius 2 is 1.48 bits per heavy atom. The molecule has 1 aliphatic rings. The number of rotatable bonds is 14. The topological polar surface area (TPSA) is 66.6 Å². The highest BCUT2D eigenvalue weighted by molar-refractivity contribution is 6.04. The molecule has 0 saturated carbocycles. The summed E-state index contributed by atoms with van der Waals surface area (Å²) in [6, 6.07) is -0.369. The molecule has 0 spiro atoms. The molecule has 27 heavy (non-hydrogen) atoms. The SMILES string of the molecule is CCCCCCCCCCC1C(=O)N(CCCCN)C(=O)N1CC(C)(C)C. The summed E-state index contributed by atoms with van der Waals surface area (Å²) in [6.45, 7) is 10.3. The Balaban J connectivity index is 2.53. The van der Waals surface area contributed by atoms with Crippen LogP contribution >= 0.6 is 0 Å². The van der Waals surface area contributed by atoms with Crippen molar-refractivity contribution in [3.05, 3.63) is 0 Å². The molecule has 1 heterocycles. The third-order valence-electron chi connectivity index (χ3n) is 5.22. The minimum absolute atomic E-state index is 0.00390. The number of carbonyl (C=O) groups excluding carboxylic acids is 2. The molecular weight excluding hydrogens is 338 g/mol. The summed E-state index contributed by atoms with van der Waals surface area (Å²) < 4.78 is 0. The summed E-state index contributed by atoms with van der Waals surface area (Å²) in [5.41, 5.74) is 5.54. The molecule has 0 radical (unpaired) electrons. The third-order valence-corrected chi connectivity index (χ3v) is 5.22. The van der Waals surface area contributed by atoms with Crippen LogP contribution in [0, 0.1) is 5.41 Å². The quantitative estimate of drug-likeness (QED) is 0.342. The van der Waals surface area contributed by atoms with E-state index >= 15 is 0 Å². The van der Waals surface area contributed by atoms with Gasteiger partial charge in [0, 0.05) is 13.1 Å². The fraction of sp³-hybridized carbons (Fsp3) is 0.909. The van der Waals surface area contributed by atoms with Crippen LogP contribution in [0.15, 0.2) is 0 Å². The zero-order valence-electron chi connectivity index (χ0n) is 18.3. The van der Waals surface area contributed by atoms with Crippen molar-refractivity contribution in [2.75, 3.05) is 19.6 Å². The molecule has 1 fully saturated rings. The van der Waals surface area contributed by atoms with E-state index in [9.17, 15) is 9.59 Å². The van der Waals surface area contributed by atoms with Gasteiger partial charge in [-0.15, -0.1) is 0 Å². The standard InChI is InChI=1S/C22H43N3O2/c1-5-6-7-8-9-10-11-12-15-19-20(26)24(17-14-13-16-23)21(27)25(19)18-22(2,3)4/h19H,5-18,23H2,1-4H3. The van der Waals surface area contributed by atoms with Gasteiger partial charge in [-0.3, -0.25) is 9.69 Å². The lowest BCUT2D eigenvalue weighted by Crippen LogP contribution is -2.41. The maximum Gasteiger partial charge on any atom is 0.327 e. The molecular formula is C22H43N3O2. The first-order valence-corrected chi connectivity index (χ1v) is 11.1. The van der Waals surface area contributed by atoms with E-state index in [0.717, 1.165) is 32.1 Å². The Labute approximate surface area is 167 Å². The third kappa shape index (κ3) is 8.63. The van der Waals surface area contributed by atoms with E-state index in [1.54, 1.807) is 0 Å². The van der Waals surface area contributed by atoms with Gasteiger partial charge in [0.25, 0.3) is 5.91 Å². The van der Waals surface area contributed by atoms with Gasteiger partial charge in [-0.2, -0.15) is 0 Å². The molecule has 5 nitrogen and oxygen atoms in total. The molecule has 1 saturated heterocycles. The lowest BCUT2D eigenvalue weighted by Gasteiger charge is -2.29. The number of hydrogen-bond donors (Lipinski definition) is 1. The number of urea groups is 1. The van der Waals surface area contributed by atoms with Gasteiger partial charge in [-0.05, 0) is 31.2 Å². The average molecular weight is 382 g/mol. The predicted octanol–water partition coefficient (Wildman–Crippen LogP) is 4.94. The molecule has 1 atom stereocenters. The summed E-state index contributed by atoms with van der Waals surface area (Å²) in [5, 5.41) is 0. The van der Waals surface area contributed by atoms with E-state index in [2.05, 4.69) is 27.7 Å². The van der Waals surface area contributed by atoms with Crippen LogP contribution in [0.5, 0.6) is 0 Å². The molecule has 2 N–H and O–H groups in total. The van der Waals surface area contributed by atoms with Crippen LogP contribution in [-0.2, 0) is 4.79 Å². The van der Waals surface area contributed by atoms with Gasteiger partial charge in [-0.25, -0.2) is 4.79 Å². The highest BCUT2D eigenvalue weighted by atomic mass is 16.2. The molecule has 0 aromatic carbocycles. The number of carbonyl (C=O) groups is 2. The number of hydrogen-bond acceptors (Lipinski definition) is 3. The maximum atomic E-state index is 12.9. The van der Waals surface area contributed by atoms with Crippen molar-refractivity contribution in [2.24, 2.45) is 11.1 Å². The number of nitrogens with zero attached hydrogens (tertiary/aromatic N) is 2. The van der Waals surface area contributed by atoms with Crippen LogP contribution < -0.4 is 5.73 Å². The van der Waals surface area contributed by atoms with Crippen LogP contribution in [0.3, 0.4) is 0 Å². The zero-order chi connectivity index (χ0) is 20.3. The Morgan fingerprint density at radius 1 is 0.889 bits per heavy atom. The monoisotopic (exact) mass is 381 g/mol. The second-order valence-electron chi connectivity index (χ2n) is 9.24. The fourth-order valence-corrected chi connectivity index (χ4v) is 3.76. The summed E-state index contributed by atoms with van der Waals surface area (Å²) in [6.07, 6.45) is 12.4. The van der Waals surface area contributed by atoms with E-state index in [1.807, 2.05) is 4.90 Å². The second-order valence-corrected chi connectivity index (χ2v) is 9.24. The highest BCUT2D eigenvalue weighted by Gasteiger charge is 2.45. The lowest BCUT2D eigenvalue weighted by molar-refractivity contribution is -0.128. The van der Waals surface area contributed by atoms with Gasteiger partial charge in [0.15, 0.2) is 0 Å². The van der Waals surface area contributed by atoms with Gasteiger partial charge in [0.05, 0.1) is 0 Å². The van der Waals surface area contributed by atoms with Crippen molar-refractivity contribution in [3.63, 3.8) is 0 Å². The largest absolute Gasteiger partial charge is 0.330 e. The van der Waals surface area contributed by atoms with E-state index in [1.165, 1.54) is 43.4 Å². The summed E-state index contributed by atoms with van der Waals surface area (Å²) in [4.78, 5) is 29.0. The van der Waals surface area contributed by atoms with Crippen LogP contribution in [0.25, 0.3) is 0 Å². The second kappa shape index (κ2) is 12.4. The maximum absolute atomic E-state index is 12.9. The van der Waals surface area contributed by atoms with E-state index < -0.39 is 0 Å². The van der Waals surface area contributed by atoms with Crippen molar-refractivity contribution in [2.45, 2.75) is 104 Å². The van der Waals surface area contributed by atoms with Gasteiger partial charge in [-0.1, -0.05) is 79.1 Å². The Hall–Kier alpha value is -1.10. The first kappa shape index (κ1) is 23.9. The highest BCUT2D eigenvalue weighted by Crippen LogP contribution is 2.27. The van der Waals surface area contributed by atoms with E-state index in [4.69, 9.17) is 5.73 Å². The van der Waals surface area contributed by atoms with Gasteiger partial charge in [0.1, 0.15) is 6.04 Å². The summed E-state index contributed by atoms with van der Waals surface area (Å²) in [7, 11) is 0. The molecule has 3 amide bonds. The van der Waals surface area contributed by atoms with Crippen molar-refractivity contribution < 1.29 is 9.59 Å². The van der Waals surface area contributed by atoms with Crippen LogP contribution in [-0.4, -0.2) is 47.4 Å². The van der Waals surface area contributed by atoms with Crippen molar-refractivity contribution in [3.8, 4) is 0 Å². The number of imide groups is 1. The van der Waals surface area contributed by atoms with Crippen molar-refractivity contribution >= 4 is 11.9 Å². The van der Waals surface area contributed by atoms with Gasteiger partial charge in [0.2, 0.25) is 0 Å². The molecule has 5 heteroatoms. The normalized spacial score (nSPS) is 18.0. The molecule has 158 valence electrons.